The second-order valence-electron chi connectivity index (χ2n) is 8.00. The number of amides is 1. The summed E-state index contributed by atoms with van der Waals surface area (Å²) in [7, 11) is 0. The molecule has 4 atom stereocenters. The molecule has 0 saturated carbocycles. The van der Waals surface area contributed by atoms with Crippen LogP contribution in [0.3, 0.4) is 0 Å². The van der Waals surface area contributed by atoms with Crippen molar-refractivity contribution < 1.29 is 14.7 Å². The highest BCUT2D eigenvalue weighted by molar-refractivity contribution is 5.96. The van der Waals surface area contributed by atoms with Crippen LogP contribution in [0, 0.1) is 18.8 Å². The van der Waals surface area contributed by atoms with Crippen molar-refractivity contribution in [3.05, 3.63) is 114 Å². The van der Waals surface area contributed by atoms with Gasteiger partial charge in [0.2, 0.25) is 5.91 Å². The largest absolute Gasteiger partial charge is 0.481 e. The molecule has 0 radical (unpaired) electrons. The Morgan fingerprint density at radius 3 is 1.68 bits per heavy atom. The highest BCUT2D eigenvalue weighted by atomic mass is 16.4. The van der Waals surface area contributed by atoms with Gasteiger partial charge < -0.3 is 10.4 Å². The minimum absolute atomic E-state index is 0.282. The number of benzene rings is 3. The van der Waals surface area contributed by atoms with Crippen molar-refractivity contribution >= 4 is 17.6 Å². The summed E-state index contributed by atoms with van der Waals surface area (Å²) in [5, 5.41) is 13.2. The molecule has 0 aliphatic heterocycles. The molecule has 1 amide bonds. The molecule has 0 bridgehead atoms. The van der Waals surface area contributed by atoms with Gasteiger partial charge in [0.1, 0.15) is 0 Å². The van der Waals surface area contributed by atoms with Crippen LogP contribution >= 0.6 is 0 Å². The first-order valence-electron chi connectivity index (χ1n) is 10.4. The molecule has 31 heavy (non-hydrogen) atoms. The zero-order valence-corrected chi connectivity index (χ0v) is 17.3. The predicted molar refractivity (Wildman–Crippen MR) is 122 cm³/mol. The van der Waals surface area contributed by atoms with Crippen molar-refractivity contribution in [2.45, 2.75) is 18.8 Å². The van der Waals surface area contributed by atoms with Gasteiger partial charge in [-0.2, -0.15) is 0 Å². The number of hydrogen-bond acceptors (Lipinski definition) is 2. The Balaban J connectivity index is 1.76. The fourth-order valence-electron chi connectivity index (χ4n) is 4.41. The van der Waals surface area contributed by atoms with Crippen LogP contribution in [0.4, 0.5) is 5.69 Å². The van der Waals surface area contributed by atoms with Gasteiger partial charge in [-0.05, 0) is 30.2 Å². The SMILES string of the molecule is Cc1ccc(NC(=O)[C@H]2[C@@H](C(=O)O)[C@@H](c3ccccc3)C=C[C@@H]2c2ccccc2)cc1. The topological polar surface area (TPSA) is 66.4 Å². The summed E-state index contributed by atoms with van der Waals surface area (Å²) in [6.07, 6.45) is 3.94. The van der Waals surface area contributed by atoms with E-state index >= 15 is 0 Å². The van der Waals surface area contributed by atoms with Gasteiger partial charge in [0, 0.05) is 17.5 Å². The van der Waals surface area contributed by atoms with Gasteiger partial charge in [-0.25, -0.2) is 0 Å². The third-order valence-electron chi connectivity index (χ3n) is 5.96. The predicted octanol–water partition coefficient (Wildman–Crippen LogP) is 5.39. The average molecular weight is 412 g/mol. The summed E-state index contributed by atoms with van der Waals surface area (Å²) in [5.74, 6) is -3.60. The number of carbonyl (C=O) groups is 2. The molecule has 0 fully saturated rings. The molecule has 4 heteroatoms. The van der Waals surface area contributed by atoms with Crippen LogP contribution in [-0.4, -0.2) is 17.0 Å². The van der Waals surface area contributed by atoms with Crippen LogP contribution in [0.25, 0.3) is 0 Å². The molecule has 0 spiro atoms. The number of hydrogen-bond donors (Lipinski definition) is 2. The fourth-order valence-corrected chi connectivity index (χ4v) is 4.41. The molecule has 1 aliphatic rings. The van der Waals surface area contributed by atoms with Gasteiger partial charge in [-0.15, -0.1) is 0 Å². The van der Waals surface area contributed by atoms with Gasteiger partial charge in [0.05, 0.1) is 11.8 Å². The van der Waals surface area contributed by atoms with Crippen LogP contribution < -0.4 is 5.32 Å². The van der Waals surface area contributed by atoms with Crippen LogP contribution in [0.5, 0.6) is 0 Å². The van der Waals surface area contributed by atoms with E-state index in [0.29, 0.717) is 5.69 Å². The van der Waals surface area contributed by atoms with Crippen molar-refractivity contribution in [2.75, 3.05) is 5.32 Å². The summed E-state index contributed by atoms with van der Waals surface area (Å²) in [6.45, 7) is 1.98. The van der Waals surface area contributed by atoms with E-state index in [1.165, 1.54) is 0 Å². The summed E-state index contributed by atoms with van der Waals surface area (Å²) in [4.78, 5) is 26.0. The quantitative estimate of drug-likeness (QED) is 0.553. The van der Waals surface area contributed by atoms with E-state index in [9.17, 15) is 14.7 Å². The molecule has 0 heterocycles. The number of anilines is 1. The number of aryl methyl sites for hydroxylation is 1. The van der Waals surface area contributed by atoms with E-state index in [-0.39, 0.29) is 17.7 Å². The molecule has 4 nitrogen and oxygen atoms in total. The van der Waals surface area contributed by atoms with E-state index in [2.05, 4.69) is 5.32 Å². The third-order valence-corrected chi connectivity index (χ3v) is 5.96. The summed E-state index contributed by atoms with van der Waals surface area (Å²) in [5.41, 5.74) is 3.58. The van der Waals surface area contributed by atoms with E-state index in [1.807, 2.05) is 104 Å². The Bertz CT molecular complexity index is 1070. The number of rotatable bonds is 5. The number of carbonyl (C=O) groups excluding carboxylic acids is 1. The molecule has 156 valence electrons. The second kappa shape index (κ2) is 9.00. The Hall–Kier alpha value is -3.66. The molecule has 3 aromatic rings. The number of allylic oxidation sites excluding steroid dienone is 2. The Kier molecular flexibility index (Phi) is 5.99. The minimum Gasteiger partial charge on any atom is -0.481 e. The number of carboxylic acids is 1. The first-order valence-corrected chi connectivity index (χ1v) is 10.4. The summed E-state index contributed by atoms with van der Waals surface area (Å²) < 4.78 is 0. The summed E-state index contributed by atoms with van der Waals surface area (Å²) >= 11 is 0. The first kappa shape index (κ1) is 20.6. The lowest BCUT2D eigenvalue weighted by Crippen LogP contribution is -2.42. The molecule has 0 saturated heterocycles. The van der Waals surface area contributed by atoms with Crippen LogP contribution in [0.1, 0.15) is 28.5 Å². The molecule has 1 aliphatic carbocycles. The summed E-state index contributed by atoms with van der Waals surface area (Å²) in [6, 6.07) is 26.7. The lowest BCUT2D eigenvalue weighted by molar-refractivity contribution is -0.147. The van der Waals surface area contributed by atoms with Crippen molar-refractivity contribution in [3.8, 4) is 0 Å². The van der Waals surface area contributed by atoms with Crippen molar-refractivity contribution in [1.29, 1.82) is 0 Å². The van der Waals surface area contributed by atoms with E-state index < -0.39 is 17.8 Å². The highest BCUT2D eigenvalue weighted by Gasteiger charge is 2.46. The van der Waals surface area contributed by atoms with Gasteiger partial charge in [-0.1, -0.05) is 90.5 Å². The maximum atomic E-state index is 13.5. The number of nitrogens with one attached hydrogen (secondary N) is 1. The maximum Gasteiger partial charge on any atom is 0.308 e. The number of aliphatic carboxylic acids is 1. The lowest BCUT2D eigenvalue weighted by atomic mass is 9.66. The minimum atomic E-state index is -0.969. The first-order chi connectivity index (χ1) is 15.0. The maximum absolute atomic E-state index is 13.5. The van der Waals surface area contributed by atoms with Gasteiger partial charge >= 0.3 is 5.97 Å². The number of carboxylic acid groups (broad SMARTS) is 1. The zero-order chi connectivity index (χ0) is 21.8. The standard InChI is InChI=1S/C27H25NO3/c1-18-12-14-21(15-13-18)28-26(29)24-22(19-8-4-2-5-9-19)16-17-23(25(24)27(30)31)20-10-6-3-7-11-20/h2-17,22-25H,1H3,(H,28,29)(H,30,31)/t22-,23-,24-,25+/m1/s1. The zero-order valence-electron chi connectivity index (χ0n) is 17.3. The van der Waals surface area contributed by atoms with E-state index in [1.54, 1.807) is 0 Å². The van der Waals surface area contributed by atoms with Gasteiger partial charge in [-0.3, -0.25) is 9.59 Å². The highest BCUT2D eigenvalue weighted by Crippen LogP contribution is 2.45. The average Bonchev–Trinajstić information content (AvgIpc) is 2.80. The molecule has 2 N–H and O–H groups in total. The molecule has 4 rings (SSSR count). The molecular weight excluding hydrogens is 386 g/mol. The second-order valence-corrected chi connectivity index (χ2v) is 8.00. The fraction of sp³-hybridized carbons (Fsp3) is 0.185. The Morgan fingerprint density at radius 1 is 0.710 bits per heavy atom. The molecular formula is C27H25NO3. The molecule has 0 aromatic heterocycles. The lowest BCUT2D eigenvalue weighted by Gasteiger charge is -2.37. The normalized spacial score (nSPS) is 22.6. The Morgan fingerprint density at radius 2 is 1.19 bits per heavy atom. The smallest absolute Gasteiger partial charge is 0.308 e. The van der Waals surface area contributed by atoms with Gasteiger partial charge in [0.15, 0.2) is 0 Å². The van der Waals surface area contributed by atoms with Crippen LogP contribution in [0.2, 0.25) is 0 Å². The Labute approximate surface area is 182 Å². The van der Waals surface area contributed by atoms with Crippen LogP contribution in [-0.2, 0) is 9.59 Å². The van der Waals surface area contributed by atoms with E-state index in [4.69, 9.17) is 0 Å². The molecule has 3 aromatic carbocycles. The van der Waals surface area contributed by atoms with E-state index in [0.717, 1.165) is 16.7 Å². The van der Waals surface area contributed by atoms with Crippen LogP contribution in [0.15, 0.2) is 97.1 Å². The third kappa shape index (κ3) is 4.43. The monoisotopic (exact) mass is 411 g/mol. The van der Waals surface area contributed by atoms with Crippen molar-refractivity contribution in [3.63, 3.8) is 0 Å². The molecule has 0 unspecified atom stereocenters. The van der Waals surface area contributed by atoms with Gasteiger partial charge in [0.25, 0.3) is 0 Å². The van der Waals surface area contributed by atoms with Crippen molar-refractivity contribution in [2.24, 2.45) is 11.8 Å². The van der Waals surface area contributed by atoms with Crippen molar-refractivity contribution in [1.82, 2.24) is 0 Å².